The van der Waals surface area contributed by atoms with E-state index in [1.54, 1.807) is 0 Å². The molecule has 0 unspecified atom stereocenters. The van der Waals surface area contributed by atoms with Gasteiger partial charge in [-0.15, -0.1) is 0 Å². The quantitative estimate of drug-likeness (QED) is 0.711. The van der Waals surface area contributed by atoms with Gasteiger partial charge in [0, 0.05) is 18.1 Å². The number of nitrogens with zero attached hydrogens (tertiary/aromatic N) is 1. The molecule has 0 bridgehead atoms. The summed E-state index contributed by atoms with van der Waals surface area (Å²) >= 11 is 0. The highest BCUT2D eigenvalue weighted by molar-refractivity contribution is 5.86. The third kappa shape index (κ3) is 1.65. The van der Waals surface area contributed by atoms with E-state index in [-0.39, 0.29) is 0 Å². The molecule has 2 nitrogen and oxygen atoms in total. The SMILES string of the molecule is c1ccc2c(c1)CN[C]2c1nccc2ccccc12. The normalized spacial score (nSPS) is 14.7. The van der Waals surface area contributed by atoms with Crippen molar-refractivity contribution in [1.29, 1.82) is 0 Å². The molecule has 1 aliphatic rings. The number of aromatic nitrogens is 1. The summed E-state index contributed by atoms with van der Waals surface area (Å²) in [5.41, 5.74) is 3.65. The molecule has 0 saturated heterocycles. The first-order valence-corrected chi connectivity index (χ1v) is 6.47. The van der Waals surface area contributed by atoms with Crippen LogP contribution in [0.5, 0.6) is 0 Å². The zero-order valence-electron chi connectivity index (χ0n) is 10.4. The Bertz CT molecular complexity index is 744. The zero-order chi connectivity index (χ0) is 12.7. The maximum atomic E-state index is 4.59. The van der Waals surface area contributed by atoms with Gasteiger partial charge in [-0.3, -0.25) is 10.3 Å². The first kappa shape index (κ1) is 10.7. The van der Waals surface area contributed by atoms with Gasteiger partial charge in [-0.05, 0) is 22.6 Å². The predicted molar refractivity (Wildman–Crippen MR) is 76.5 cm³/mol. The fourth-order valence-electron chi connectivity index (χ4n) is 2.73. The van der Waals surface area contributed by atoms with Crippen LogP contribution in [0.1, 0.15) is 16.8 Å². The highest BCUT2D eigenvalue weighted by Crippen LogP contribution is 2.32. The molecule has 0 atom stereocenters. The van der Waals surface area contributed by atoms with Crippen LogP contribution in [0.15, 0.2) is 60.8 Å². The second-order valence-corrected chi connectivity index (χ2v) is 4.77. The number of hydrogen-bond donors (Lipinski definition) is 1. The standard InChI is InChI=1S/C17H13N2/c1-3-7-14-12(5-1)9-10-18-16(14)17-15-8-4-2-6-13(15)11-19-17/h1-10,19H,11H2. The molecule has 0 saturated carbocycles. The van der Waals surface area contributed by atoms with E-state index in [1.807, 2.05) is 6.20 Å². The van der Waals surface area contributed by atoms with Crippen molar-refractivity contribution in [3.8, 4) is 0 Å². The van der Waals surface area contributed by atoms with Crippen LogP contribution in [0, 0.1) is 6.04 Å². The molecule has 0 spiro atoms. The molecule has 0 fully saturated rings. The molecule has 1 aliphatic heterocycles. The van der Waals surface area contributed by atoms with Gasteiger partial charge in [-0.25, -0.2) is 0 Å². The van der Waals surface area contributed by atoms with Crippen LogP contribution in [-0.4, -0.2) is 4.98 Å². The number of fused-ring (bicyclic) bond motifs is 2. The van der Waals surface area contributed by atoms with Crippen molar-refractivity contribution < 1.29 is 0 Å². The van der Waals surface area contributed by atoms with Crippen LogP contribution >= 0.6 is 0 Å². The van der Waals surface area contributed by atoms with Gasteiger partial charge in [0.15, 0.2) is 0 Å². The van der Waals surface area contributed by atoms with Crippen molar-refractivity contribution in [3.05, 3.63) is 83.7 Å². The van der Waals surface area contributed by atoms with Gasteiger partial charge in [-0.2, -0.15) is 0 Å². The van der Waals surface area contributed by atoms with Crippen molar-refractivity contribution in [2.75, 3.05) is 0 Å². The molecule has 4 rings (SSSR count). The maximum Gasteiger partial charge on any atom is 0.116 e. The Hall–Kier alpha value is -2.19. The van der Waals surface area contributed by atoms with Gasteiger partial charge in [0.2, 0.25) is 0 Å². The molecular formula is C17H13N2. The Balaban J connectivity index is 1.93. The van der Waals surface area contributed by atoms with E-state index in [0.29, 0.717) is 0 Å². The number of rotatable bonds is 1. The van der Waals surface area contributed by atoms with E-state index in [1.165, 1.54) is 21.9 Å². The van der Waals surface area contributed by atoms with Gasteiger partial charge >= 0.3 is 0 Å². The van der Waals surface area contributed by atoms with Gasteiger partial charge in [0.1, 0.15) is 6.04 Å². The average Bonchev–Trinajstić information content (AvgIpc) is 2.90. The second-order valence-electron chi connectivity index (χ2n) is 4.77. The molecule has 3 aromatic rings. The lowest BCUT2D eigenvalue weighted by Gasteiger charge is -2.13. The Morgan fingerprint density at radius 2 is 1.74 bits per heavy atom. The molecule has 91 valence electrons. The summed E-state index contributed by atoms with van der Waals surface area (Å²) in [7, 11) is 0. The van der Waals surface area contributed by atoms with Crippen LogP contribution in [-0.2, 0) is 6.54 Å². The predicted octanol–water partition coefficient (Wildman–Crippen LogP) is 3.27. The molecular weight excluding hydrogens is 232 g/mol. The number of nitrogens with one attached hydrogen (secondary N) is 1. The lowest BCUT2D eigenvalue weighted by Crippen LogP contribution is -2.16. The first-order chi connectivity index (χ1) is 9.43. The molecule has 1 N–H and O–H groups in total. The van der Waals surface area contributed by atoms with Crippen LogP contribution in [0.3, 0.4) is 0 Å². The van der Waals surface area contributed by atoms with Gasteiger partial charge in [0.05, 0.1) is 5.69 Å². The Labute approximate surface area is 112 Å². The first-order valence-electron chi connectivity index (χ1n) is 6.47. The second kappa shape index (κ2) is 4.18. The molecule has 19 heavy (non-hydrogen) atoms. The number of pyridine rings is 1. The molecule has 0 aliphatic carbocycles. The van der Waals surface area contributed by atoms with E-state index in [0.717, 1.165) is 18.3 Å². The molecule has 1 aromatic heterocycles. The molecule has 2 aromatic carbocycles. The molecule has 2 heterocycles. The summed E-state index contributed by atoms with van der Waals surface area (Å²) in [6, 6.07) is 20.1. The fourth-order valence-corrected chi connectivity index (χ4v) is 2.73. The van der Waals surface area contributed by atoms with Crippen LogP contribution in [0.4, 0.5) is 0 Å². The summed E-state index contributed by atoms with van der Waals surface area (Å²) in [5.74, 6) is 0. The Morgan fingerprint density at radius 3 is 2.74 bits per heavy atom. The topological polar surface area (TPSA) is 24.9 Å². The third-order valence-electron chi connectivity index (χ3n) is 3.65. The minimum Gasteiger partial charge on any atom is -0.296 e. The van der Waals surface area contributed by atoms with E-state index >= 15 is 0 Å². The molecule has 0 amide bonds. The highest BCUT2D eigenvalue weighted by Gasteiger charge is 2.26. The summed E-state index contributed by atoms with van der Waals surface area (Å²) in [4.78, 5) is 4.59. The molecule has 2 heteroatoms. The average molecular weight is 245 g/mol. The van der Waals surface area contributed by atoms with Crippen molar-refractivity contribution in [1.82, 2.24) is 10.3 Å². The van der Waals surface area contributed by atoms with Crippen molar-refractivity contribution in [2.45, 2.75) is 6.54 Å². The monoisotopic (exact) mass is 245 g/mol. The van der Waals surface area contributed by atoms with E-state index in [4.69, 9.17) is 0 Å². The van der Waals surface area contributed by atoms with Gasteiger partial charge < -0.3 is 0 Å². The summed E-state index contributed by atoms with van der Waals surface area (Å²) in [6.45, 7) is 0.885. The highest BCUT2D eigenvalue weighted by atomic mass is 15.0. The van der Waals surface area contributed by atoms with Gasteiger partial charge in [-0.1, -0.05) is 48.5 Å². The minimum absolute atomic E-state index is 0.885. The zero-order valence-corrected chi connectivity index (χ0v) is 10.4. The van der Waals surface area contributed by atoms with Crippen LogP contribution in [0.25, 0.3) is 10.8 Å². The third-order valence-corrected chi connectivity index (χ3v) is 3.65. The van der Waals surface area contributed by atoms with E-state index < -0.39 is 0 Å². The lowest BCUT2D eigenvalue weighted by molar-refractivity contribution is 0.811. The van der Waals surface area contributed by atoms with E-state index in [2.05, 4.69) is 64.9 Å². The summed E-state index contributed by atoms with van der Waals surface area (Å²) in [5, 5.41) is 5.91. The van der Waals surface area contributed by atoms with Crippen LogP contribution in [0.2, 0.25) is 0 Å². The minimum atomic E-state index is 0.885. The summed E-state index contributed by atoms with van der Waals surface area (Å²) in [6.07, 6.45) is 1.88. The Morgan fingerprint density at radius 1 is 0.895 bits per heavy atom. The van der Waals surface area contributed by atoms with Crippen molar-refractivity contribution in [2.24, 2.45) is 0 Å². The number of benzene rings is 2. The molecule has 1 radical (unpaired) electrons. The van der Waals surface area contributed by atoms with Crippen LogP contribution < -0.4 is 5.32 Å². The van der Waals surface area contributed by atoms with E-state index in [9.17, 15) is 0 Å². The summed E-state index contributed by atoms with van der Waals surface area (Å²) < 4.78 is 0. The maximum absolute atomic E-state index is 4.59. The lowest BCUT2D eigenvalue weighted by atomic mass is 9.98. The van der Waals surface area contributed by atoms with Gasteiger partial charge in [0.25, 0.3) is 0 Å². The number of hydrogen-bond acceptors (Lipinski definition) is 2. The largest absolute Gasteiger partial charge is 0.296 e. The van der Waals surface area contributed by atoms with Crippen molar-refractivity contribution in [3.63, 3.8) is 0 Å². The van der Waals surface area contributed by atoms with Crippen molar-refractivity contribution >= 4 is 10.8 Å². The smallest absolute Gasteiger partial charge is 0.116 e. The fraction of sp³-hybridized carbons (Fsp3) is 0.0588. The Kier molecular flexibility index (Phi) is 2.35.